The van der Waals surface area contributed by atoms with Crippen molar-refractivity contribution in [3.8, 4) is 11.5 Å². The van der Waals surface area contributed by atoms with E-state index in [0.717, 1.165) is 0 Å². The molecular formula is C16H23NO3. The van der Waals surface area contributed by atoms with Crippen LogP contribution >= 0.6 is 0 Å². The molecule has 0 aliphatic carbocycles. The van der Waals surface area contributed by atoms with Crippen molar-refractivity contribution in [2.75, 3.05) is 0 Å². The van der Waals surface area contributed by atoms with Gasteiger partial charge in [-0.15, -0.1) is 0 Å². The molecule has 4 heteroatoms. The van der Waals surface area contributed by atoms with Crippen molar-refractivity contribution in [3.63, 3.8) is 0 Å². The van der Waals surface area contributed by atoms with E-state index in [1.807, 2.05) is 39.2 Å². The van der Waals surface area contributed by atoms with Crippen molar-refractivity contribution in [2.24, 2.45) is 0 Å². The summed E-state index contributed by atoms with van der Waals surface area (Å²) in [7, 11) is 0. The Morgan fingerprint density at radius 3 is 2.05 bits per heavy atom. The first-order valence-electron chi connectivity index (χ1n) is 6.80. The van der Waals surface area contributed by atoms with Crippen LogP contribution in [0.25, 0.3) is 10.9 Å². The molecule has 2 aromatic rings. The molecule has 0 bridgehead atoms. The predicted molar refractivity (Wildman–Crippen MR) is 82.6 cm³/mol. The minimum Gasteiger partial charge on any atom is -0.504 e. The highest BCUT2D eigenvalue weighted by molar-refractivity contribution is 5.83. The maximum absolute atomic E-state index is 12.1. The second kappa shape index (κ2) is 5.57. The third kappa shape index (κ3) is 2.79. The minimum atomic E-state index is -0.273. The number of aromatic hydroxyl groups is 2. The first kappa shape index (κ1) is 16.1. The molecule has 0 spiro atoms. The van der Waals surface area contributed by atoms with E-state index >= 15 is 0 Å². The third-order valence-corrected chi connectivity index (χ3v) is 3.00. The van der Waals surface area contributed by atoms with E-state index in [0.29, 0.717) is 16.5 Å². The Bertz CT molecular complexity index is 679. The number of aryl methyl sites for hydroxylation is 1. The lowest BCUT2D eigenvalue weighted by molar-refractivity contribution is 0.397. The van der Waals surface area contributed by atoms with E-state index in [4.69, 9.17) is 0 Å². The van der Waals surface area contributed by atoms with Crippen LogP contribution in [0, 0.1) is 6.92 Å². The molecule has 0 saturated heterocycles. The maximum atomic E-state index is 12.1. The summed E-state index contributed by atoms with van der Waals surface area (Å²) in [5, 5.41) is 19.5. The van der Waals surface area contributed by atoms with E-state index < -0.39 is 0 Å². The third-order valence-electron chi connectivity index (χ3n) is 3.00. The molecule has 2 N–H and O–H groups in total. The largest absolute Gasteiger partial charge is 0.504 e. The van der Waals surface area contributed by atoms with E-state index in [2.05, 4.69) is 0 Å². The van der Waals surface area contributed by atoms with Crippen LogP contribution in [-0.2, 0) is 5.54 Å². The van der Waals surface area contributed by atoms with Crippen LogP contribution in [0.4, 0.5) is 0 Å². The molecule has 0 aliphatic rings. The molecule has 0 amide bonds. The summed E-state index contributed by atoms with van der Waals surface area (Å²) < 4.78 is 1.93. The number of pyridine rings is 1. The Morgan fingerprint density at radius 2 is 1.55 bits per heavy atom. The molecule has 20 heavy (non-hydrogen) atoms. The monoisotopic (exact) mass is 277 g/mol. The fourth-order valence-corrected chi connectivity index (χ4v) is 2.04. The van der Waals surface area contributed by atoms with Crippen LogP contribution < -0.4 is 5.43 Å². The Morgan fingerprint density at radius 1 is 1.05 bits per heavy atom. The Labute approximate surface area is 119 Å². The fraction of sp³-hybridized carbons (Fsp3) is 0.438. The van der Waals surface area contributed by atoms with Gasteiger partial charge in [0.25, 0.3) is 0 Å². The molecule has 0 saturated carbocycles. The average Bonchev–Trinajstić information content (AvgIpc) is 2.37. The van der Waals surface area contributed by atoms with E-state index in [9.17, 15) is 15.0 Å². The van der Waals surface area contributed by atoms with Crippen molar-refractivity contribution in [2.45, 2.75) is 47.1 Å². The summed E-state index contributed by atoms with van der Waals surface area (Å²) in [5.74, 6) is -0.491. The molecule has 1 aromatic carbocycles. The number of hydrogen-bond acceptors (Lipinski definition) is 3. The van der Waals surface area contributed by atoms with Crippen molar-refractivity contribution >= 4 is 10.9 Å². The summed E-state index contributed by atoms with van der Waals surface area (Å²) >= 11 is 0. The number of rotatable bonds is 0. The molecule has 0 fully saturated rings. The molecule has 110 valence electrons. The van der Waals surface area contributed by atoms with Gasteiger partial charge in [0.2, 0.25) is 0 Å². The SMILES string of the molecule is CC.Cc1cn(C(C)(C)C)c2cc(O)c(O)cc2c1=O. The lowest BCUT2D eigenvalue weighted by Crippen LogP contribution is -2.25. The number of benzene rings is 1. The van der Waals surface area contributed by atoms with Gasteiger partial charge in [0.05, 0.1) is 5.52 Å². The number of aromatic nitrogens is 1. The quantitative estimate of drug-likeness (QED) is 0.724. The van der Waals surface area contributed by atoms with Crippen molar-refractivity contribution in [1.29, 1.82) is 0 Å². The summed E-state index contributed by atoms with van der Waals surface area (Å²) in [6.07, 6.45) is 1.78. The van der Waals surface area contributed by atoms with Crippen LogP contribution in [0.1, 0.15) is 40.2 Å². The van der Waals surface area contributed by atoms with Crippen LogP contribution in [0.3, 0.4) is 0 Å². The Balaban J connectivity index is 0.000000956. The maximum Gasteiger partial charge on any atom is 0.192 e. The molecule has 4 nitrogen and oxygen atoms in total. The van der Waals surface area contributed by atoms with Gasteiger partial charge in [-0.3, -0.25) is 4.79 Å². The van der Waals surface area contributed by atoms with Crippen molar-refractivity contribution < 1.29 is 10.2 Å². The van der Waals surface area contributed by atoms with Crippen LogP contribution in [0.15, 0.2) is 23.1 Å². The minimum absolute atomic E-state index is 0.124. The second-order valence-corrected chi connectivity index (χ2v) is 5.54. The molecule has 0 unspecified atom stereocenters. The van der Waals surface area contributed by atoms with Gasteiger partial charge < -0.3 is 14.8 Å². The molecule has 1 heterocycles. The highest BCUT2D eigenvalue weighted by Gasteiger charge is 2.18. The van der Waals surface area contributed by atoms with Gasteiger partial charge in [0, 0.05) is 28.8 Å². The number of hydrogen-bond donors (Lipinski definition) is 2. The first-order valence-corrected chi connectivity index (χ1v) is 6.80. The Hall–Kier alpha value is -1.97. The molecule has 0 radical (unpaired) electrons. The highest BCUT2D eigenvalue weighted by atomic mass is 16.3. The fourth-order valence-electron chi connectivity index (χ4n) is 2.04. The normalized spacial score (nSPS) is 11.1. The zero-order valence-corrected chi connectivity index (χ0v) is 13.0. The zero-order chi connectivity index (χ0) is 15.7. The van der Waals surface area contributed by atoms with Crippen molar-refractivity contribution in [3.05, 3.63) is 34.1 Å². The smallest absolute Gasteiger partial charge is 0.192 e. The number of fused-ring (bicyclic) bond motifs is 1. The van der Waals surface area contributed by atoms with E-state index in [-0.39, 0.29) is 22.5 Å². The van der Waals surface area contributed by atoms with E-state index in [1.54, 1.807) is 13.1 Å². The average molecular weight is 277 g/mol. The predicted octanol–water partition coefficient (Wildman–Crippen LogP) is 3.50. The van der Waals surface area contributed by atoms with Gasteiger partial charge in [-0.1, -0.05) is 13.8 Å². The van der Waals surface area contributed by atoms with Gasteiger partial charge in [-0.2, -0.15) is 0 Å². The molecular weight excluding hydrogens is 254 g/mol. The number of nitrogens with zero attached hydrogens (tertiary/aromatic N) is 1. The van der Waals surface area contributed by atoms with Gasteiger partial charge in [-0.05, 0) is 33.8 Å². The van der Waals surface area contributed by atoms with Crippen LogP contribution in [-0.4, -0.2) is 14.8 Å². The molecule has 0 aliphatic heterocycles. The first-order chi connectivity index (χ1) is 9.21. The van der Waals surface area contributed by atoms with E-state index in [1.165, 1.54) is 12.1 Å². The second-order valence-electron chi connectivity index (χ2n) is 5.54. The lowest BCUT2D eigenvalue weighted by Gasteiger charge is -2.26. The van der Waals surface area contributed by atoms with Crippen molar-refractivity contribution in [1.82, 2.24) is 4.57 Å². The summed E-state index contributed by atoms with van der Waals surface area (Å²) in [5.41, 5.74) is 0.886. The standard InChI is InChI=1S/C14H17NO3.C2H6/c1-8-7-15(14(2,3)4)10-6-12(17)11(16)5-9(10)13(8)18;1-2/h5-7,16-17H,1-4H3;1-2H3. The summed E-state index contributed by atoms with van der Waals surface area (Å²) in [6, 6.07) is 2.75. The Kier molecular flexibility index (Phi) is 4.48. The molecule has 2 rings (SSSR count). The topological polar surface area (TPSA) is 62.5 Å². The highest BCUT2D eigenvalue weighted by Crippen LogP contribution is 2.31. The van der Waals surface area contributed by atoms with Gasteiger partial charge in [0.1, 0.15) is 0 Å². The summed E-state index contributed by atoms with van der Waals surface area (Å²) in [6.45, 7) is 11.8. The van der Waals surface area contributed by atoms with Crippen LogP contribution in [0.2, 0.25) is 0 Å². The molecule has 1 aromatic heterocycles. The number of phenolic OH excluding ortho intramolecular Hbond substituents is 2. The number of phenols is 2. The lowest BCUT2D eigenvalue weighted by atomic mass is 10.0. The van der Waals surface area contributed by atoms with Crippen LogP contribution in [0.5, 0.6) is 11.5 Å². The van der Waals surface area contributed by atoms with Gasteiger partial charge in [0.15, 0.2) is 16.9 Å². The zero-order valence-electron chi connectivity index (χ0n) is 13.0. The molecule has 0 atom stereocenters. The van der Waals surface area contributed by atoms with Gasteiger partial charge >= 0.3 is 0 Å². The van der Waals surface area contributed by atoms with Gasteiger partial charge in [-0.25, -0.2) is 0 Å². The summed E-state index contributed by atoms with van der Waals surface area (Å²) in [4.78, 5) is 12.1.